The highest BCUT2D eigenvalue weighted by molar-refractivity contribution is 5.33. The van der Waals surface area contributed by atoms with Gasteiger partial charge in [0, 0.05) is 5.41 Å². The first-order chi connectivity index (χ1) is 15.2. The fourth-order valence-corrected chi connectivity index (χ4v) is 10.6. The third-order valence-electron chi connectivity index (χ3n) is 13.3. The second-order valence-electron chi connectivity index (χ2n) is 15.1. The van der Waals surface area contributed by atoms with Crippen LogP contribution in [0.25, 0.3) is 0 Å². The van der Waals surface area contributed by atoms with E-state index >= 15 is 0 Å². The van der Waals surface area contributed by atoms with Gasteiger partial charge in [0.25, 0.3) is 0 Å². The highest BCUT2D eigenvalue weighted by Crippen LogP contribution is 2.75. The Labute approximate surface area is 202 Å². The third-order valence-corrected chi connectivity index (χ3v) is 13.3. The van der Waals surface area contributed by atoms with Crippen LogP contribution in [0.3, 0.4) is 0 Å². The van der Waals surface area contributed by atoms with Gasteiger partial charge in [0.2, 0.25) is 0 Å². The quantitative estimate of drug-likeness (QED) is 0.415. The van der Waals surface area contributed by atoms with Crippen molar-refractivity contribution in [2.45, 2.75) is 118 Å². The molecule has 4 fully saturated rings. The van der Waals surface area contributed by atoms with Crippen LogP contribution in [0, 0.1) is 50.2 Å². The topological polar surface area (TPSA) is 60.7 Å². The number of allylic oxidation sites excluding steroid dienone is 2. The van der Waals surface area contributed by atoms with Crippen molar-refractivity contribution >= 4 is 0 Å². The Kier molecular flexibility index (Phi) is 5.23. The molecule has 5 aliphatic carbocycles. The summed E-state index contributed by atoms with van der Waals surface area (Å²) in [4.78, 5) is 0. The minimum atomic E-state index is -0.388. The van der Waals surface area contributed by atoms with Crippen LogP contribution in [0.5, 0.6) is 0 Å². The molecule has 0 aromatic heterocycles. The largest absolute Gasteiger partial charge is 0.396 e. The highest BCUT2D eigenvalue weighted by atomic mass is 16.3. The van der Waals surface area contributed by atoms with Crippen molar-refractivity contribution in [2.24, 2.45) is 50.2 Å². The second-order valence-corrected chi connectivity index (χ2v) is 15.1. The summed E-state index contributed by atoms with van der Waals surface area (Å²) in [7, 11) is 0. The molecule has 3 heteroatoms. The Morgan fingerprint density at radius 2 is 1.52 bits per heavy atom. The normalized spacial score (nSPS) is 57.8. The van der Waals surface area contributed by atoms with Gasteiger partial charge in [-0.15, -0.1) is 0 Å². The summed E-state index contributed by atoms with van der Waals surface area (Å²) in [6, 6.07) is 0. The maximum absolute atomic E-state index is 10.9. The van der Waals surface area contributed by atoms with Crippen molar-refractivity contribution in [1.82, 2.24) is 0 Å². The summed E-state index contributed by atoms with van der Waals surface area (Å²) in [5.41, 5.74) is 2.16. The molecule has 0 bridgehead atoms. The summed E-state index contributed by atoms with van der Waals surface area (Å²) < 4.78 is 0. The van der Waals surface area contributed by atoms with E-state index in [9.17, 15) is 15.3 Å². The Bertz CT molecular complexity index is 847. The summed E-state index contributed by atoms with van der Waals surface area (Å²) in [6.45, 7) is 16.9. The van der Waals surface area contributed by atoms with Crippen LogP contribution in [-0.2, 0) is 0 Å². The number of aliphatic hydroxyl groups excluding tert-OH is 3. The molecule has 0 radical (unpaired) electrons. The number of fused-ring (bicyclic) bond motifs is 7. The molecule has 0 spiro atoms. The molecule has 3 nitrogen and oxygen atoms in total. The molecule has 0 amide bonds. The molecule has 10 unspecified atom stereocenters. The lowest BCUT2D eigenvalue weighted by Gasteiger charge is -2.71. The zero-order valence-corrected chi connectivity index (χ0v) is 22.4. The molecule has 188 valence electrons. The van der Waals surface area contributed by atoms with Crippen LogP contribution in [0.1, 0.15) is 106 Å². The average molecular weight is 459 g/mol. The fraction of sp³-hybridized carbons (Fsp3) is 0.933. The fourth-order valence-electron chi connectivity index (χ4n) is 10.6. The van der Waals surface area contributed by atoms with Gasteiger partial charge in [-0.25, -0.2) is 0 Å². The van der Waals surface area contributed by atoms with Crippen LogP contribution in [0.4, 0.5) is 0 Å². The number of rotatable bonds is 1. The van der Waals surface area contributed by atoms with Crippen molar-refractivity contribution in [1.29, 1.82) is 0 Å². The molecule has 5 rings (SSSR count). The Balaban J connectivity index is 1.57. The minimum Gasteiger partial charge on any atom is -0.396 e. The Hall–Kier alpha value is -0.380. The second kappa shape index (κ2) is 7.10. The van der Waals surface area contributed by atoms with E-state index in [1.807, 2.05) is 0 Å². The lowest BCUT2D eigenvalue weighted by molar-refractivity contribution is -0.216. The minimum absolute atomic E-state index is 0.0207. The van der Waals surface area contributed by atoms with Gasteiger partial charge in [0.05, 0.1) is 18.8 Å². The van der Waals surface area contributed by atoms with Gasteiger partial charge in [-0.1, -0.05) is 60.1 Å². The van der Waals surface area contributed by atoms with E-state index in [0.717, 1.165) is 38.5 Å². The lowest BCUT2D eigenvalue weighted by Crippen LogP contribution is -2.65. The van der Waals surface area contributed by atoms with E-state index in [1.165, 1.54) is 19.3 Å². The lowest BCUT2D eigenvalue weighted by atomic mass is 9.33. The van der Waals surface area contributed by atoms with Crippen molar-refractivity contribution in [3.8, 4) is 0 Å². The van der Waals surface area contributed by atoms with Crippen LogP contribution < -0.4 is 0 Å². The molecule has 5 aliphatic rings. The maximum atomic E-state index is 10.9. The number of aliphatic hydroxyl groups is 3. The van der Waals surface area contributed by atoms with Crippen molar-refractivity contribution in [2.75, 3.05) is 6.61 Å². The van der Waals surface area contributed by atoms with Gasteiger partial charge in [-0.2, -0.15) is 0 Å². The van der Waals surface area contributed by atoms with Crippen molar-refractivity contribution < 1.29 is 15.3 Å². The van der Waals surface area contributed by atoms with Crippen LogP contribution >= 0.6 is 0 Å². The van der Waals surface area contributed by atoms with E-state index in [-0.39, 0.29) is 51.3 Å². The van der Waals surface area contributed by atoms with Gasteiger partial charge in [0.15, 0.2) is 0 Å². The molecule has 0 aromatic carbocycles. The van der Waals surface area contributed by atoms with Gasteiger partial charge < -0.3 is 15.3 Å². The van der Waals surface area contributed by atoms with Gasteiger partial charge >= 0.3 is 0 Å². The van der Waals surface area contributed by atoms with Crippen molar-refractivity contribution in [3.63, 3.8) is 0 Å². The van der Waals surface area contributed by atoms with Crippen LogP contribution in [0.2, 0.25) is 0 Å². The zero-order chi connectivity index (χ0) is 24.2. The first-order valence-electron chi connectivity index (χ1n) is 13.9. The number of hydrogen-bond acceptors (Lipinski definition) is 3. The molecular formula is C30H50O3. The predicted molar refractivity (Wildman–Crippen MR) is 134 cm³/mol. The van der Waals surface area contributed by atoms with E-state index in [4.69, 9.17) is 0 Å². The van der Waals surface area contributed by atoms with E-state index < -0.39 is 0 Å². The molecule has 0 aliphatic heterocycles. The summed E-state index contributed by atoms with van der Waals surface area (Å²) in [5.74, 6) is 1.56. The summed E-state index contributed by atoms with van der Waals surface area (Å²) in [6.07, 6.45) is 11.9. The molecule has 0 heterocycles. The van der Waals surface area contributed by atoms with Crippen LogP contribution in [-0.4, -0.2) is 34.1 Å². The SMILES string of the molecule is CC1(C)CC2C3=CCC4C5(C)CCC(O)C(C)(CO)C5CCC4(C)C3(C)CCC2(C)CC1O. The smallest absolute Gasteiger partial charge is 0.0618 e. The monoisotopic (exact) mass is 458 g/mol. The van der Waals surface area contributed by atoms with E-state index in [0.29, 0.717) is 17.8 Å². The average Bonchev–Trinajstić information content (AvgIpc) is 2.73. The summed E-state index contributed by atoms with van der Waals surface area (Å²) in [5, 5.41) is 32.3. The van der Waals surface area contributed by atoms with E-state index in [2.05, 4.69) is 54.5 Å². The summed E-state index contributed by atoms with van der Waals surface area (Å²) >= 11 is 0. The highest BCUT2D eigenvalue weighted by Gasteiger charge is 2.68. The van der Waals surface area contributed by atoms with Crippen molar-refractivity contribution in [3.05, 3.63) is 11.6 Å². The first kappa shape index (κ1) is 24.3. The Morgan fingerprint density at radius 3 is 2.18 bits per heavy atom. The van der Waals surface area contributed by atoms with Gasteiger partial charge in [-0.3, -0.25) is 0 Å². The molecule has 0 saturated heterocycles. The predicted octanol–water partition coefficient (Wildman–Crippen LogP) is 6.11. The van der Waals surface area contributed by atoms with E-state index in [1.54, 1.807) is 5.57 Å². The Morgan fingerprint density at radius 1 is 0.818 bits per heavy atom. The van der Waals surface area contributed by atoms with Gasteiger partial charge in [-0.05, 0) is 103 Å². The first-order valence-corrected chi connectivity index (χ1v) is 13.9. The molecule has 33 heavy (non-hydrogen) atoms. The molecule has 4 saturated carbocycles. The molecule has 3 N–H and O–H groups in total. The number of hydrogen-bond donors (Lipinski definition) is 3. The van der Waals surface area contributed by atoms with Gasteiger partial charge in [0.1, 0.15) is 0 Å². The maximum Gasteiger partial charge on any atom is 0.0618 e. The standard InChI is InChI=1S/C30H50O3/c1-25(2)16-20-19-8-9-22-27(4)12-11-23(32)28(5,18-31)21(27)10-13-30(22,7)29(19,6)15-14-26(20,3)17-24(25)33/h8,20-24,31-33H,9-18H2,1-7H3. The molecule has 10 atom stereocenters. The molecule has 0 aromatic rings. The van der Waals surface area contributed by atoms with Crippen LogP contribution in [0.15, 0.2) is 11.6 Å². The molecular weight excluding hydrogens is 408 g/mol. The third kappa shape index (κ3) is 2.91. The zero-order valence-electron chi connectivity index (χ0n) is 22.4.